The van der Waals surface area contributed by atoms with Crippen molar-refractivity contribution < 1.29 is 19.1 Å². The summed E-state index contributed by atoms with van der Waals surface area (Å²) < 4.78 is 11.1. The fraction of sp³-hybridized carbons (Fsp3) is 0.391. The molecular formula is C23H31N3O4. The summed E-state index contributed by atoms with van der Waals surface area (Å²) in [5.74, 6) is 0.428. The van der Waals surface area contributed by atoms with Crippen LogP contribution in [-0.2, 0) is 22.7 Å². The maximum atomic E-state index is 12.0. The van der Waals surface area contributed by atoms with Gasteiger partial charge >= 0.3 is 6.03 Å². The molecular weight excluding hydrogens is 382 g/mol. The molecule has 2 aromatic carbocycles. The van der Waals surface area contributed by atoms with Gasteiger partial charge in [0.1, 0.15) is 5.75 Å². The highest BCUT2D eigenvalue weighted by Gasteiger charge is 2.10. The maximum absolute atomic E-state index is 12.0. The van der Waals surface area contributed by atoms with Gasteiger partial charge in [0.25, 0.3) is 0 Å². The van der Waals surface area contributed by atoms with Crippen LogP contribution in [0.4, 0.5) is 10.5 Å². The monoisotopic (exact) mass is 413 g/mol. The summed E-state index contributed by atoms with van der Waals surface area (Å²) in [5.41, 5.74) is 2.43. The van der Waals surface area contributed by atoms with Crippen molar-refractivity contribution in [3.05, 3.63) is 59.7 Å². The van der Waals surface area contributed by atoms with Gasteiger partial charge in [-0.3, -0.25) is 4.79 Å². The first kappa shape index (κ1) is 23.2. The summed E-state index contributed by atoms with van der Waals surface area (Å²) in [6.45, 7) is 9.26. The van der Waals surface area contributed by atoms with E-state index in [1.54, 1.807) is 24.3 Å². The van der Waals surface area contributed by atoms with Crippen LogP contribution in [0.5, 0.6) is 5.75 Å². The average molecular weight is 414 g/mol. The molecule has 0 spiro atoms. The topological polar surface area (TPSA) is 88.7 Å². The molecule has 0 unspecified atom stereocenters. The zero-order valence-electron chi connectivity index (χ0n) is 18.1. The fourth-order valence-corrected chi connectivity index (χ4v) is 2.54. The van der Waals surface area contributed by atoms with Gasteiger partial charge in [0, 0.05) is 12.2 Å². The quantitative estimate of drug-likeness (QED) is 0.583. The minimum Gasteiger partial charge on any atom is -0.494 e. The molecule has 30 heavy (non-hydrogen) atoms. The summed E-state index contributed by atoms with van der Waals surface area (Å²) in [6, 6.07) is 14.5. The van der Waals surface area contributed by atoms with Crippen LogP contribution in [-0.4, -0.2) is 30.7 Å². The van der Waals surface area contributed by atoms with E-state index in [4.69, 9.17) is 9.47 Å². The molecule has 0 saturated heterocycles. The molecule has 0 heterocycles. The van der Waals surface area contributed by atoms with Crippen molar-refractivity contribution in [2.75, 3.05) is 18.5 Å². The molecule has 0 fully saturated rings. The number of anilines is 1. The third-order valence-electron chi connectivity index (χ3n) is 3.97. The van der Waals surface area contributed by atoms with Gasteiger partial charge in [0.2, 0.25) is 5.91 Å². The predicted molar refractivity (Wildman–Crippen MR) is 117 cm³/mol. The molecule has 7 heteroatoms. The summed E-state index contributed by atoms with van der Waals surface area (Å²) >= 11 is 0. The summed E-state index contributed by atoms with van der Waals surface area (Å²) in [4.78, 5) is 24.0. The summed E-state index contributed by atoms with van der Waals surface area (Å²) in [5, 5.41) is 8.03. The Hall–Kier alpha value is -3.06. The van der Waals surface area contributed by atoms with Gasteiger partial charge in [-0.15, -0.1) is 0 Å². The first-order valence-corrected chi connectivity index (χ1v) is 10.0. The number of carbonyl (C=O) groups is 2. The predicted octanol–water partition coefficient (Wildman–Crippen LogP) is 3.84. The standard InChI is InChI=1S/C23H31N3O4/c1-5-29-20-11-9-19(10-12-20)26-21(27)15-25-22(28)24-14-17-7-6-8-18(13-17)16-30-23(2,3)4/h6-13H,5,14-16H2,1-4H3,(H,26,27)(H2,24,25,28). The third kappa shape index (κ3) is 8.96. The van der Waals surface area contributed by atoms with Crippen molar-refractivity contribution in [2.24, 2.45) is 0 Å². The maximum Gasteiger partial charge on any atom is 0.315 e. The molecule has 2 aromatic rings. The fourth-order valence-electron chi connectivity index (χ4n) is 2.54. The zero-order valence-corrected chi connectivity index (χ0v) is 18.1. The number of hydrogen-bond acceptors (Lipinski definition) is 4. The first-order valence-electron chi connectivity index (χ1n) is 10.0. The van der Waals surface area contributed by atoms with E-state index in [-0.39, 0.29) is 18.1 Å². The van der Waals surface area contributed by atoms with Gasteiger partial charge in [-0.2, -0.15) is 0 Å². The highest BCUT2D eigenvalue weighted by molar-refractivity contribution is 5.94. The van der Waals surface area contributed by atoms with Crippen LogP contribution in [0, 0.1) is 0 Å². The Morgan fingerprint density at radius 2 is 1.67 bits per heavy atom. The Labute approximate surface area is 178 Å². The number of carbonyl (C=O) groups excluding carboxylic acids is 2. The largest absolute Gasteiger partial charge is 0.494 e. The highest BCUT2D eigenvalue weighted by Crippen LogP contribution is 2.15. The van der Waals surface area contributed by atoms with Crippen LogP contribution < -0.4 is 20.7 Å². The Bertz CT molecular complexity index is 829. The van der Waals surface area contributed by atoms with E-state index < -0.39 is 6.03 Å². The van der Waals surface area contributed by atoms with E-state index >= 15 is 0 Å². The van der Waals surface area contributed by atoms with Crippen LogP contribution in [0.25, 0.3) is 0 Å². The van der Waals surface area contributed by atoms with Gasteiger partial charge in [0.05, 0.1) is 25.4 Å². The average Bonchev–Trinajstić information content (AvgIpc) is 2.71. The molecule has 7 nitrogen and oxygen atoms in total. The molecule has 162 valence electrons. The van der Waals surface area contributed by atoms with E-state index in [0.717, 1.165) is 16.9 Å². The van der Waals surface area contributed by atoms with E-state index in [1.807, 2.05) is 52.0 Å². The van der Waals surface area contributed by atoms with Crippen molar-refractivity contribution in [3.8, 4) is 5.75 Å². The number of hydrogen-bond donors (Lipinski definition) is 3. The van der Waals surface area contributed by atoms with Crippen molar-refractivity contribution in [1.29, 1.82) is 0 Å². The van der Waals surface area contributed by atoms with Crippen molar-refractivity contribution in [2.45, 2.75) is 46.4 Å². The molecule has 0 aliphatic carbocycles. The lowest BCUT2D eigenvalue weighted by atomic mass is 10.1. The second-order valence-electron chi connectivity index (χ2n) is 7.76. The van der Waals surface area contributed by atoms with E-state index in [1.165, 1.54) is 0 Å². The molecule has 0 aromatic heterocycles. The van der Waals surface area contributed by atoms with E-state index in [2.05, 4.69) is 16.0 Å². The Morgan fingerprint density at radius 3 is 2.33 bits per heavy atom. The smallest absolute Gasteiger partial charge is 0.315 e. The van der Waals surface area contributed by atoms with Crippen molar-refractivity contribution >= 4 is 17.6 Å². The van der Waals surface area contributed by atoms with Gasteiger partial charge < -0.3 is 25.4 Å². The highest BCUT2D eigenvalue weighted by atomic mass is 16.5. The van der Waals surface area contributed by atoms with Crippen LogP contribution in [0.3, 0.4) is 0 Å². The number of nitrogens with one attached hydrogen (secondary N) is 3. The molecule has 0 radical (unpaired) electrons. The van der Waals surface area contributed by atoms with E-state index in [0.29, 0.717) is 25.4 Å². The number of ether oxygens (including phenoxy) is 2. The molecule has 2 rings (SSSR count). The molecule has 0 bridgehead atoms. The number of amides is 3. The second-order valence-corrected chi connectivity index (χ2v) is 7.76. The molecule has 3 N–H and O–H groups in total. The van der Waals surface area contributed by atoms with Gasteiger partial charge in [0.15, 0.2) is 0 Å². The first-order chi connectivity index (χ1) is 14.2. The van der Waals surface area contributed by atoms with Crippen LogP contribution in [0.15, 0.2) is 48.5 Å². The lowest BCUT2D eigenvalue weighted by molar-refractivity contribution is -0.115. The minimum atomic E-state index is -0.409. The number of benzene rings is 2. The van der Waals surface area contributed by atoms with Crippen LogP contribution >= 0.6 is 0 Å². The summed E-state index contributed by atoms with van der Waals surface area (Å²) in [7, 11) is 0. The zero-order chi connectivity index (χ0) is 22.0. The Kier molecular flexibility index (Phi) is 8.68. The molecule has 0 atom stereocenters. The van der Waals surface area contributed by atoms with E-state index in [9.17, 15) is 9.59 Å². The molecule has 3 amide bonds. The van der Waals surface area contributed by atoms with Crippen molar-refractivity contribution in [1.82, 2.24) is 10.6 Å². The Morgan fingerprint density at radius 1 is 0.967 bits per heavy atom. The van der Waals surface area contributed by atoms with Gasteiger partial charge in [-0.25, -0.2) is 4.79 Å². The number of urea groups is 1. The van der Waals surface area contributed by atoms with Crippen molar-refractivity contribution in [3.63, 3.8) is 0 Å². The molecule has 0 aliphatic rings. The number of rotatable bonds is 9. The SMILES string of the molecule is CCOc1ccc(NC(=O)CNC(=O)NCc2cccc(COC(C)(C)C)c2)cc1. The second kappa shape index (κ2) is 11.2. The lowest BCUT2D eigenvalue weighted by Gasteiger charge is -2.19. The van der Waals surface area contributed by atoms with Crippen LogP contribution in [0.1, 0.15) is 38.8 Å². The normalized spacial score (nSPS) is 10.9. The lowest BCUT2D eigenvalue weighted by Crippen LogP contribution is -2.39. The van der Waals surface area contributed by atoms with Crippen LogP contribution in [0.2, 0.25) is 0 Å². The third-order valence-corrected chi connectivity index (χ3v) is 3.97. The molecule has 0 saturated carbocycles. The Balaban J connectivity index is 1.72. The molecule has 0 aliphatic heterocycles. The van der Waals surface area contributed by atoms with Gasteiger partial charge in [-0.05, 0) is 63.1 Å². The van der Waals surface area contributed by atoms with Gasteiger partial charge in [-0.1, -0.05) is 24.3 Å². The minimum absolute atomic E-state index is 0.126. The summed E-state index contributed by atoms with van der Waals surface area (Å²) in [6.07, 6.45) is 0.